The normalized spacial score (nSPS) is 30.3. The van der Waals surface area contributed by atoms with Gasteiger partial charge < -0.3 is 9.47 Å². The molecule has 4 rings (SSSR count). The molecule has 2 aliphatic heterocycles. The number of nitrogens with zero attached hydrogens (tertiary/aromatic N) is 3. The van der Waals surface area contributed by atoms with Crippen molar-refractivity contribution in [1.29, 1.82) is 0 Å². The molecule has 0 amide bonds. The minimum atomic E-state index is 0.533. The first kappa shape index (κ1) is 13.7. The van der Waals surface area contributed by atoms with Crippen molar-refractivity contribution in [3.8, 4) is 0 Å². The number of rotatable bonds is 5. The summed E-state index contributed by atoms with van der Waals surface area (Å²) < 4.78 is 13.7. The van der Waals surface area contributed by atoms with Crippen molar-refractivity contribution in [2.24, 2.45) is 11.8 Å². The van der Waals surface area contributed by atoms with Crippen LogP contribution in [0, 0.1) is 11.8 Å². The summed E-state index contributed by atoms with van der Waals surface area (Å²) in [5.74, 6) is 1.38. The summed E-state index contributed by atoms with van der Waals surface area (Å²) in [5.41, 5.74) is 1.33. The highest BCUT2D eigenvalue weighted by Gasteiger charge is 2.30. The Hall–Kier alpha value is -0.910. The largest absolute Gasteiger partial charge is 0.381 e. The van der Waals surface area contributed by atoms with E-state index in [1.54, 1.807) is 0 Å². The Labute approximate surface area is 126 Å². The van der Waals surface area contributed by atoms with Crippen molar-refractivity contribution in [2.45, 2.75) is 38.4 Å². The second kappa shape index (κ2) is 6.07. The SMILES string of the molecule is c1cc2n(n1)CC(COCC1CC1)CN(C1CCOC1)C2. The second-order valence-electron chi connectivity index (χ2n) is 6.80. The molecule has 5 nitrogen and oxygen atoms in total. The molecule has 21 heavy (non-hydrogen) atoms. The molecular weight excluding hydrogens is 266 g/mol. The van der Waals surface area contributed by atoms with Crippen molar-refractivity contribution in [1.82, 2.24) is 14.7 Å². The van der Waals surface area contributed by atoms with Gasteiger partial charge in [-0.3, -0.25) is 9.58 Å². The zero-order chi connectivity index (χ0) is 14.1. The van der Waals surface area contributed by atoms with Gasteiger partial charge in [0.2, 0.25) is 0 Å². The Morgan fingerprint density at radius 1 is 1.19 bits per heavy atom. The Bertz CT molecular complexity index is 466. The lowest BCUT2D eigenvalue weighted by Crippen LogP contribution is -2.38. The molecule has 5 heteroatoms. The molecule has 0 bridgehead atoms. The maximum Gasteiger partial charge on any atom is 0.0622 e. The Morgan fingerprint density at radius 3 is 2.90 bits per heavy atom. The standard InChI is InChI=1S/C16H25N3O2/c1-2-13(1)10-21-11-14-7-18(16-4-6-20-12-16)9-15-3-5-17-19(15)8-14/h3,5,13-14,16H,1-2,4,6-12H2. The lowest BCUT2D eigenvalue weighted by Gasteiger charge is -2.28. The van der Waals surface area contributed by atoms with Gasteiger partial charge in [0.05, 0.1) is 18.9 Å². The third kappa shape index (κ3) is 3.30. The average Bonchev–Trinajstić information content (AvgIpc) is 3.01. The molecule has 1 aromatic heterocycles. The smallest absolute Gasteiger partial charge is 0.0622 e. The minimum Gasteiger partial charge on any atom is -0.381 e. The molecule has 1 saturated carbocycles. The van der Waals surface area contributed by atoms with Gasteiger partial charge in [0, 0.05) is 51.0 Å². The zero-order valence-electron chi connectivity index (χ0n) is 12.6. The molecule has 3 heterocycles. The van der Waals surface area contributed by atoms with E-state index >= 15 is 0 Å². The molecule has 3 aliphatic rings. The van der Waals surface area contributed by atoms with E-state index in [0.29, 0.717) is 12.0 Å². The van der Waals surface area contributed by atoms with E-state index in [2.05, 4.69) is 20.7 Å². The monoisotopic (exact) mass is 291 g/mol. The van der Waals surface area contributed by atoms with E-state index in [1.807, 2.05) is 6.20 Å². The van der Waals surface area contributed by atoms with Gasteiger partial charge in [0.15, 0.2) is 0 Å². The van der Waals surface area contributed by atoms with Crippen LogP contribution in [0.2, 0.25) is 0 Å². The second-order valence-corrected chi connectivity index (χ2v) is 6.80. The molecule has 1 saturated heterocycles. The molecule has 0 radical (unpaired) electrons. The van der Waals surface area contributed by atoms with Crippen molar-refractivity contribution in [2.75, 3.05) is 33.0 Å². The Kier molecular flexibility index (Phi) is 3.97. The molecule has 1 aliphatic carbocycles. The highest BCUT2D eigenvalue weighted by atomic mass is 16.5. The van der Waals surface area contributed by atoms with E-state index < -0.39 is 0 Å². The quantitative estimate of drug-likeness (QED) is 0.825. The van der Waals surface area contributed by atoms with Gasteiger partial charge in [0.1, 0.15) is 0 Å². The zero-order valence-corrected chi connectivity index (χ0v) is 12.6. The molecule has 0 N–H and O–H groups in total. The van der Waals surface area contributed by atoms with Crippen LogP contribution in [0.5, 0.6) is 0 Å². The van der Waals surface area contributed by atoms with Gasteiger partial charge in [-0.05, 0) is 31.2 Å². The van der Waals surface area contributed by atoms with Crippen LogP contribution in [0.3, 0.4) is 0 Å². The minimum absolute atomic E-state index is 0.533. The van der Waals surface area contributed by atoms with Crippen LogP contribution in [0.15, 0.2) is 12.3 Å². The maximum atomic E-state index is 5.96. The lowest BCUT2D eigenvalue weighted by molar-refractivity contribution is 0.0593. The van der Waals surface area contributed by atoms with E-state index in [1.165, 1.54) is 18.5 Å². The highest BCUT2D eigenvalue weighted by Crippen LogP contribution is 2.29. The number of hydrogen-bond acceptors (Lipinski definition) is 4. The fourth-order valence-electron chi connectivity index (χ4n) is 3.44. The lowest BCUT2D eigenvalue weighted by atomic mass is 10.1. The molecular formula is C16H25N3O2. The number of ether oxygens (including phenoxy) is 2. The van der Waals surface area contributed by atoms with E-state index in [9.17, 15) is 0 Å². The average molecular weight is 291 g/mol. The summed E-state index contributed by atoms with van der Waals surface area (Å²) in [6.45, 7) is 6.67. The van der Waals surface area contributed by atoms with Crippen molar-refractivity contribution >= 4 is 0 Å². The molecule has 2 unspecified atom stereocenters. The fourth-order valence-corrected chi connectivity index (χ4v) is 3.44. The van der Waals surface area contributed by atoms with Gasteiger partial charge in [-0.25, -0.2) is 0 Å². The van der Waals surface area contributed by atoms with Gasteiger partial charge in [-0.1, -0.05) is 0 Å². The molecule has 116 valence electrons. The van der Waals surface area contributed by atoms with Gasteiger partial charge >= 0.3 is 0 Å². The van der Waals surface area contributed by atoms with Crippen LogP contribution in [0.1, 0.15) is 25.0 Å². The molecule has 1 aromatic rings. The van der Waals surface area contributed by atoms with Crippen molar-refractivity contribution in [3.05, 3.63) is 18.0 Å². The molecule has 2 atom stereocenters. The van der Waals surface area contributed by atoms with Crippen LogP contribution in [0.25, 0.3) is 0 Å². The first-order valence-electron chi connectivity index (χ1n) is 8.28. The third-order valence-electron chi connectivity index (χ3n) is 4.92. The van der Waals surface area contributed by atoms with Crippen molar-refractivity contribution in [3.63, 3.8) is 0 Å². The van der Waals surface area contributed by atoms with Gasteiger partial charge in [-0.2, -0.15) is 5.10 Å². The predicted molar refractivity (Wildman–Crippen MR) is 78.9 cm³/mol. The molecule has 0 aromatic carbocycles. The number of hydrogen-bond donors (Lipinski definition) is 0. The van der Waals surface area contributed by atoms with Gasteiger partial charge in [0.25, 0.3) is 0 Å². The van der Waals surface area contributed by atoms with Crippen LogP contribution in [-0.2, 0) is 22.6 Å². The first-order valence-corrected chi connectivity index (χ1v) is 8.28. The molecule has 2 fully saturated rings. The summed E-state index contributed by atoms with van der Waals surface area (Å²) in [7, 11) is 0. The summed E-state index contributed by atoms with van der Waals surface area (Å²) in [5, 5.41) is 4.49. The van der Waals surface area contributed by atoms with Crippen molar-refractivity contribution < 1.29 is 9.47 Å². The summed E-state index contributed by atoms with van der Waals surface area (Å²) in [4.78, 5) is 2.58. The number of aromatic nitrogens is 2. The summed E-state index contributed by atoms with van der Waals surface area (Å²) in [6, 6.07) is 2.72. The van der Waals surface area contributed by atoms with Crippen LogP contribution >= 0.6 is 0 Å². The topological polar surface area (TPSA) is 39.5 Å². The number of fused-ring (bicyclic) bond motifs is 1. The van der Waals surface area contributed by atoms with E-state index in [4.69, 9.17) is 9.47 Å². The van der Waals surface area contributed by atoms with Crippen LogP contribution < -0.4 is 0 Å². The first-order chi connectivity index (χ1) is 10.4. The summed E-state index contributed by atoms with van der Waals surface area (Å²) >= 11 is 0. The Morgan fingerprint density at radius 2 is 2.10 bits per heavy atom. The fraction of sp³-hybridized carbons (Fsp3) is 0.812. The maximum absolute atomic E-state index is 5.96. The van der Waals surface area contributed by atoms with E-state index in [0.717, 1.165) is 58.4 Å². The summed E-state index contributed by atoms with van der Waals surface area (Å²) in [6.07, 6.45) is 5.80. The van der Waals surface area contributed by atoms with Crippen LogP contribution in [-0.4, -0.2) is 53.7 Å². The van der Waals surface area contributed by atoms with Gasteiger partial charge in [-0.15, -0.1) is 0 Å². The predicted octanol–water partition coefficient (Wildman–Crippen LogP) is 1.53. The highest BCUT2D eigenvalue weighted by molar-refractivity contribution is 5.03. The third-order valence-corrected chi connectivity index (χ3v) is 4.92. The molecule has 0 spiro atoms. The Balaban J connectivity index is 1.42. The van der Waals surface area contributed by atoms with Crippen LogP contribution in [0.4, 0.5) is 0 Å². The van der Waals surface area contributed by atoms with E-state index in [-0.39, 0.29) is 0 Å².